The molecule has 2 heterocycles. The molecule has 0 aliphatic carbocycles. The first-order valence-electron chi connectivity index (χ1n) is 11.0. The van der Waals surface area contributed by atoms with Crippen LogP contribution in [-0.4, -0.2) is 43.2 Å². The van der Waals surface area contributed by atoms with Crippen LogP contribution in [0.1, 0.15) is 36.5 Å². The van der Waals surface area contributed by atoms with E-state index in [1.54, 1.807) is 31.2 Å². The number of carbonyl (C=O) groups excluding carboxylic acids is 2. The van der Waals surface area contributed by atoms with E-state index in [-0.39, 0.29) is 18.5 Å². The predicted octanol–water partition coefficient (Wildman–Crippen LogP) is 4.42. The molecule has 32 heavy (non-hydrogen) atoms. The highest BCUT2D eigenvalue weighted by molar-refractivity contribution is 5.94. The second-order valence-corrected chi connectivity index (χ2v) is 7.68. The first kappa shape index (κ1) is 21.6. The average molecular weight is 434 g/mol. The number of pyridine rings is 1. The summed E-state index contributed by atoms with van der Waals surface area (Å²) >= 11 is 0. The molecule has 7 heteroatoms. The van der Waals surface area contributed by atoms with Gasteiger partial charge in [0.2, 0.25) is 0 Å². The number of anilines is 2. The molecule has 7 nitrogen and oxygen atoms in total. The standard InChI is InChI=1S/C25H27N3O4/c1-2-31-25(30)19-9-12-20(13-10-19)26-23(29)17-32-21-8-6-7-18-11-14-22(27-24(18)21)28-15-4-3-5-16-28/h6-14H,2-5,15-17H2,1H3,(H,26,29). The van der Waals surface area contributed by atoms with Crippen molar-refractivity contribution in [2.75, 3.05) is 36.5 Å². The van der Waals surface area contributed by atoms with Gasteiger partial charge in [-0.15, -0.1) is 0 Å². The van der Waals surface area contributed by atoms with Gasteiger partial charge in [0.1, 0.15) is 17.1 Å². The molecule has 0 saturated carbocycles. The molecule has 4 rings (SSSR count). The molecule has 1 N–H and O–H groups in total. The normalized spacial score (nSPS) is 13.6. The van der Waals surface area contributed by atoms with Crippen molar-refractivity contribution in [3.8, 4) is 5.75 Å². The van der Waals surface area contributed by atoms with Crippen LogP contribution in [0.2, 0.25) is 0 Å². The van der Waals surface area contributed by atoms with Crippen molar-refractivity contribution in [2.45, 2.75) is 26.2 Å². The summed E-state index contributed by atoms with van der Waals surface area (Å²) in [5.74, 6) is 0.840. The highest BCUT2D eigenvalue weighted by Gasteiger charge is 2.14. The summed E-state index contributed by atoms with van der Waals surface area (Å²) in [4.78, 5) is 31.3. The van der Waals surface area contributed by atoms with Crippen LogP contribution >= 0.6 is 0 Å². The zero-order valence-corrected chi connectivity index (χ0v) is 18.2. The van der Waals surface area contributed by atoms with Crippen LogP contribution in [0.5, 0.6) is 5.75 Å². The van der Waals surface area contributed by atoms with Crippen molar-refractivity contribution in [3.63, 3.8) is 0 Å². The van der Waals surface area contributed by atoms with Crippen LogP contribution in [0, 0.1) is 0 Å². The van der Waals surface area contributed by atoms with Crippen LogP contribution in [-0.2, 0) is 9.53 Å². The molecule has 166 valence electrons. The summed E-state index contributed by atoms with van der Waals surface area (Å²) in [6.07, 6.45) is 3.62. The number of ether oxygens (including phenoxy) is 2. The summed E-state index contributed by atoms with van der Waals surface area (Å²) in [5.41, 5.74) is 1.77. The largest absolute Gasteiger partial charge is 0.481 e. The van der Waals surface area contributed by atoms with Gasteiger partial charge in [-0.3, -0.25) is 4.79 Å². The number of aromatic nitrogens is 1. The van der Waals surface area contributed by atoms with Crippen LogP contribution in [0.25, 0.3) is 10.9 Å². The lowest BCUT2D eigenvalue weighted by Gasteiger charge is -2.28. The minimum atomic E-state index is -0.388. The minimum Gasteiger partial charge on any atom is -0.481 e. The fourth-order valence-corrected chi connectivity index (χ4v) is 3.77. The third-order valence-electron chi connectivity index (χ3n) is 5.39. The maximum absolute atomic E-state index is 12.4. The summed E-state index contributed by atoms with van der Waals surface area (Å²) in [5, 5.41) is 3.75. The summed E-state index contributed by atoms with van der Waals surface area (Å²) in [7, 11) is 0. The number of hydrogen-bond acceptors (Lipinski definition) is 6. The number of nitrogens with zero attached hydrogens (tertiary/aromatic N) is 2. The minimum absolute atomic E-state index is 0.144. The van der Waals surface area contributed by atoms with Gasteiger partial charge in [-0.1, -0.05) is 12.1 Å². The second kappa shape index (κ2) is 10.1. The van der Waals surface area contributed by atoms with Crippen LogP contribution in [0.4, 0.5) is 11.5 Å². The molecule has 1 amide bonds. The van der Waals surface area contributed by atoms with Crippen LogP contribution in [0.15, 0.2) is 54.6 Å². The number of piperidine rings is 1. The van der Waals surface area contributed by atoms with E-state index < -0.39 is 0 Å². The molecular weight excluding hydrogens is 406 g/mol. The fourth-order valence-electron chi connectivity index (χ4n) is 3.77. The Balaban J connectivity index is 1.41. The van der Waals surface area contributed by atoms with Gasteiger partial charge in [0.15, 0.2) is 6.61 Å². The zero-order chi connectivity index (χ0) is 22.3. The van der Waals surface area contributed by atoms with E-state index in [0.29, 0.717) is 23.6 Å². The van der Waals surface area contributed by atoms with E-state index in [2.05, 4.69) is 10.2 Å². The van der Waals surface area contributed by atoms with Crippen molar-refractivity contribution < 1.29 is 19.1 Å². The molecule has 0 unspecified atom stereocenters. The Hall–Kier alpha value is -3.61. The zero-order valence-electron chi connectivity index (χ0n) is 18.2. The number of amides is 1. The first-order chi connectivity index (χ1) is 15.6. The molecule has 2 aromatic carbocycles. The number of nitrogens with one attached hydrogen (secondary N) is 1. The van der Waals surface area contributed by atoms with Gasteiger partial charge in [-0.2, -0.15) is 0 Å². The Morgan fingerprint density at radius 3 is 2.53 bits per heavy atom. The number of esters is 1. The van der Waals surface area contributed by atoms with Gasteiger partial charge in [0, 0.05) is 24.2 Å². The van der Waals surface area contributed by atoms with Crippen molar-refractivity contribution in [3.05, 3.63) is 60.2 Å². The summed E-state index contributed by atoms with van der Waals surface area (Å²) in [6.45, 7) is 3.95. The predicted molar refractivity (Wildman–Crippen MR) is 124 cm³/mol. The molecule has 1 aromatic heterocycles. The molecule has 1 aliphatic heterocycles. The molecular formula is C25H27N3O4. The average Bonchev–Trinajstić information content (AvgIpc) is 2.83. The van der Waals surface area contributed by atoms with Gasteiger partial charge in [-0.05, 0) is 68.7 Å². The maximum atomic E-state index is 12.4. The quantitative estimate of drug-likeness (QED) is 0.556. The van der Waals surface area contributed by atoms with Gasteiger partial charge in [-0.25, -0.2) is 9.78 Å². The van der Waals surface area contributed by atoms with Crippen LogP contribution in [0.3, 0.4) is 0 Å². The number of hydrogen-bond donors (Lipinski definition) is 1. The van der Waals surface area contributed by atoms with Crippen molar-refractivity contribution in [1.29, 1.82) is 0 Å². The van der Waals surface area contributed by atoms with E-state index in [1.165, 1.54) is 19.3 Å². The monoisotopic (exact) mass is 433 g/mol. The molecule has 0 bridgehead atoms. The maximum Gasteiger partial charge on any atom is 0.338 e. The lowest BCUT2D eigenvalue weighted by Crippen LogP contribution is -2.30. The van der Waals surface area contributed by atoms with E-state index in [4.69, 9.17) is 14.5 Å². The SMILES string of the molecule is CCOC(=O)c1ccc(NC(=O)COc2cccc3ccc(N4CCCCC4)nc23)cc1. The molecule has 0 atom stereocenters. The Labute approximate surface area is 187 Å². The fraction of sp³-hybridized carbons (Fsp3) is 0.320. The summed E-state index contributed by atoms with van der Waals surface area (Å²) in [6, 6.07) is 16.4. The molecule has 0 radical (unpaired) electrons. The smallest absolute Gasteiger partial charge is 0.338 e. The Bertz CT molecular complexity index is 1090. The molecule has 3 aromatic rings. The molecule has 1 saturated heterocycles. The van der Waals surface area contributed by atoms with E-state index >= 15 is 0 Å². The van der Waals surface area contributed by atoms with Gasteiger partial charge in [0.05, 0.1) is 12.2 Å². The van der Waals surface area contributed by atoms with Gasteiger partial charge in [0.25, 0.3) is 5.91 Å². The van der Waals surface area contributed by atoms with Crippen molar-refractivity contribution in [2.24, 2.45) is 0 Å². The number of fused-ring (bicyclic) bond motifs is 1. The van der Waals surface area contributed by atoms with E-state index in [1.807, 2.05) is 30.3 Å². The van der Waals surface area contributed by atoms with Crippen molar-refractivity contribution >= 4 is 34.3 Å². The highest BCUT2D eigenvalue weighted by Crippen LogP contribution is 2.27. The lowest BCUT2D eigenvalue weighted by molar-refractivity contribution is -0.118. The molecule has 1 fully saturated rings. The molecule has 1 aliphatic rings. The number of benzene rings is 2. The second-order valence-electron chi connectivity index (χ2n) is 7.68. The number of para-hydroxylation sites is 1. The Morgan fingerprint density at radius 2 is 1.78 bits per heavy atom. The highest BCUT2D eigenvalue weighted by atomic mass is 16.5. The van der Waals surface area contributed by atoms with Crippen LogP contribution < -0.4 is 15.0 Å². The Kier molecular flexibility index (Phi) is 6.84. The van der Waals surface area contributed by atoms with Gasteiger partial charge >= 0.3 is 5.97 Å². The number of rotatable bonds is 7. The van der Waals surface area contributed by atoms with Gasteiger partial charge < -0.3 is 19.7 Å². The number of carbonyl (C=O) groups is 2. The Morgan fingerprint density at radius 1 is 1.00 bits per heavy atom. The third-order valence-corrected chi connectivity index (χ3v) is 5.39. The van der Waals surface area contributed by atoms with E-state index in [9.17, 15) is 9.59 Å². The molecule has 0 spiro atoms. The lowest BCUT2D eigenvalue weighted by atomic mass is 10.1. The first-order valence-corrected chi connectivity index (χ1v) is 11.0. The van der Waals surface area contributed by atoms with Crippen molar-refractivity contribution in [1.82, 2.24) is 4.98 Å². The third kappa shape index (κ3) is 5.17. The topological polar surface area (TPSA) is 80.8 Å². The van der Waals surface area contributed by atoms with E-state index in [0.717, 1.165) is 29.8 Å². The summed E-state index contributed by atoms with van der Waals surface area (Å²) < 4.78 is 10.8.